The number of rotatable bonds is 5. The third-order valence-corrected chi connectivity index (χ3v) is 5.11. The molecular formula is C20H28N4O. The highest BCUT2D eigenvalue weighted by atomic mass is 16.1. The third kappa shape index (κ3) is 4.28. The van der Waals surface area contributed by atoms with Gasteiger partial charge in [-0.05, 0) is 69.8 Å². The Bertz CT molecular complexity index is 731. The lowest BCUT2D eigenvalue weighted by Crippen LogP contribution is -2.32. The molecule has 1 aliphatic heterocycles. The highest BCUT2D eigenvalue weighted by Gasteiger charge is 2.22. The second-order valence-corrected chi connectivity index (χ2v) is 7.17. The minimum atomic E-state index is 0.0833. The van der Waals surface area contributed by atoms with Gasteiger partial charge in [0.25, 0.3) is 0 Å². The first-order valence-electron chi connectivity index (χ1n) is 9.18. The van der Waals surface area contributed by atoms with Crippen LogP contribution >= 0.6 is 0 Å². The molecule has 1 aromatic carbocycles. The SMILES string of the molecule is Cc1cc(C)n(-c2ccccc2NC(=O)CC(C)C2CCNCC2)n1. The molecule has 1 aliphatic rings. The maximum Gasteiger partial charge on any atom is 0.224 e. The molecule has 2 N–H and O–H groups in total. The van der Waals surface area contributed by atoms with E-state index in [1.54, 1.807) is 0 Å². The maximum atomic E-state index is 12.6. The van der Waals surface area contributed by atoms with Crippen LogP contribution in [0.5, 0.6) is 0 Å². The zero-order valence-electron chi connectivity index (χ0n) is 15.4. The van der Waals surface area contributed by atoms with Crippen molar-refractivity contribution in [3.8, 4) is 5.69 Å². The Balaban J connectivity index is 1.70. The molecule has 0 aliphatic carbocycles. The van der Waals surface area contributed by atoms with E-state index < -0.39 is 0 Å². The van der Waals surface area contributed by atoms with Crippen LogP contribution < -0.4 is 10.6 Å². The van der Waals surface area contributed by atoms with E-state index >= 15 is 0 Å². The van der Waals surface area contributed by atoms with E-state index in [1.165, 1.54) is 0 Å². The van der Waals surface area contributed by atoms with Crippen molar-refractivity contribution in [2.45, 2.75) is 40.0 Å². The van der Waals surface area contributed by atoms with Crippen molar-refractivity contribution in [1.29, 1.82) is 0 Å². The maximum absolute atomic E-state index is 12.6. The van der Waals surface area contributed by atoms with Crippen molar-refractivity contribution in [1.82, 2.24) is 15.1 Å². The summed E-state index contributed by atoms with van der Waals surface area (Å²) in [6.07, 6.45) is 2.89. The molecule has 25 heavy (non-hydrogen) atoms. The zero-order chi connectivity index (χ0) is 17.8. The highest BCUT2D eigenvalue weighted by molar-refractivity contribution is 5.93. The number of nitrogens with zero attached hydrogens (tertiary/aromatic N) is 2. The van der Waals surface area contributed by atoms with E-state index in [9.17, 15) is 4.79 Å². The van der Waals surface area contributed by atoms with E-state index in [0.29, 0.717) is 18.3 Å². The molecule has 0 saturated carbocycles. The molecule has 5 heteroatoms. The number of hydrogen-bond acceptors (Lipinski definition) is 3. The smallest absolute Gasteiger partial charge is 0.224 e. The summed E-state index contributed by atoms with van der Waals surface area (Å²) in [6, 6.07) is 9.89. The number of benzene rings is 1. The Morgan fingerprint density at radius 1 is 1.32 bits per heavy atom. The van der Waals surface area contributed by atoms with E-state index in [0.717, 1.165) is 48.7 Å². The average Bonchev–Trinajstić information content (AvgIpc) is 2.94. The fourth-order valence-electron chi connectivity index (χ4n) is 3.71. The summed E-state index contributed by atoms with van der Waals surface area (Å²) >= 11 is 0. The van der Waals surface area contributed by atoms with E-state index in [-0.39, 0.29) is 5.91 Å². The number of piperidine rings is 1. The van der Waals surface area contributed by atoms with E-state index in [4.69, 9.17) is 0 Å². The molecule has 1 saturated heterocycles. The number of aryl methyl sites for hydroxylation is 2. The normalized spacial score (nSPS) is 16.6. The third-order valence-electron chi connectivity index (χ3n) is 5.11. The van der Waals surface area contributed by atoms with Crippen LogP contribution in [-0.4, -0.2) is 28.8 Å². The quantitative estimate of drug-likeness (QED) is 0.876. The predicted molar refractivity (Wildman–Crippen MR) is 101 cm³/mol. The van der Waals surface area contributed by atoms with E-state index in [2.05, 4.69) is 22.7 Å². The van der Waals surface area contributed by atoms with Crippen LogP contribution in [0.4, 0.5) is 5.69 Å². The Morgan fingerprint density at radius 2 is 2.04 bits per heavy atom. The van der Waals surface area contributed by atoms with Gasteiger partial charge in [-0.1, -0.05) is 19.1 Å². The number of carbonyl (C=O) groups is 1. The summed E-state index contributed by atoms with van der Waals surface area (Å²) in [5, 5.41) is 11.0. The van der Waals surface area contributed by atoms with Crippen molar-refractivity contribution >= 4 is 11.6 Å². The molecule has 0 spiro atoms. The van der Waals surface area contributed by atoms with Crippen LogP contribution in [0.25, 0.3) is 5.69 Å². The summed E-state index contributed by atoms with van der Waals surface area (Å²) in [6.45, 7) is 8.33. The lowest BCUT2D eigenvalue weighted by molar-refractivity contribution is -0.117. The Morgan fingerprint density at radius 3 is 2.72 bits per heavy atom. The molecule has 1 fully saturated rings. The van der Waals surface area contributed by atoms with Crippen LogP contribution in [0, 0.1) is 25.7 Å². The number of amides is 1. The van der Waals surface area contributed by atoms with Crippen LogP contribution in [0.15, 0.2) is 30.3 Å². The topological polar surface area (TPSA) is 59.0 Å². The summed E-state index contributed by atoms with van der Waals surface area (Å²) in [4.78, 5) is 12.6. The lowest BCUT2D eigenvalue weighted by atomic mass is 9.84. The molecule has 2 heterocycles. The Labute approximate surface area is 149 Å². The molecule has 1 aromatic heterocycles. The van der Waals surface area contributed by atoms with Crippen molar-refractivity contribution in [2.24, 2.45) is 11.8 Å². The van der Waals surface area contributed by atoms with Gasteiger partial charge < -0.3 is 10.6 Å². The van der Waals surface area contributed by atoms with Crippen LogP contribution in [0.3, 0.4) is 0 Å². The molecule has 134 valence electrons. The molecule has 1 atom stereocenters. The second-order valence-electron chi connectivity index (χ2n) is 7.17. The van der Waals surface area contributed by atoms with Crippen molar-refractivity contribution in [2.75, 3.05) is 18.4 Å². The van der Waals surface area contributed by atoms with Gasteiger partial charge in [-0.3, -0.25) is 4.79 Å². The van der Waals surface area contributed by atoms with E-state index in [1.807, 2.05) is 48.9 Å². The minimum Gasteiger partial charge on any atom is -0.324 e. The molecule has 0 bridgehead atoms. The van der Waals surface area contributed by atoms with Gasteiger partial charge in [0.15, 0.2) is 0 Å². The van der Waals surface area contributed by atoms with Gasteiger partial charge in [-0.2, -0.15) is 5.10 Å². The van der Waals surface area contributed by atoms with Gasteiger partial charge >= 0.3 is 0 Å². The summed E-state index contributed by atoms with van der Waals surface area (Å²) in [5.74, 6) is 1.13. The summed E-state index contributed by atoms with van der Waals surface area (Å²) < 4.78 is 1.89. The fourth-order valence-corrected chi connectivity index (χ4v) is 3.71. The monoisotopic (exact) mass is 340 g/mol. The first-order chi connectivity index (χ1) is 12.0. The van der Waals surface area contributed by atoms with Gasteiger partial charge in [-0.15, -0.1) is 0 Å². The van der Waals surface area contributed by atoms with Gasteiger partial charge in [0, 0.05) is 12.1 Å². The predicted octanol–water partition coefficient (Wildman–Crippen LogP) is 3.45. The second kappa shape index (κ2) is 7.83. The van der Waals surface area contributed by atoms with Crippen LogP contribution in [0.2, 0.25) is 0 Å². The molecule has 5 nitrogen and oxygen atoms in total. The molecule has 3 rings (SSSR count). The Hall–Kier alpha value is -2.14. The number of carbonyl (C=O) groups excluding carboxylic acids is 1. The fraction of sp³-hybridized carbons (Fsp3) is 0.500. The summed E-state index contributed by atoms with van der Waals surface area (Å²) in [5.41, 5.74) is 3.76. The van der Waals surface area contributed by atoms with Crippen molar-refractivity contribution < 1.29 is 4.79 Å². The molecule has 1 unspecified atom stereocenters. The summed E-state index contributed by atoms with van der Waals surface area (Å²) in [7, 11) is 0. The van der Waals surface area contributed by atoms with Gasteiger partial charge in [-0.25, -0.2) is 4.68 Å². The lowest BCUT2D eigenvalue weighted by Gasteiger charge is -2.28. The highest BCUT2D eigenvalue weighted by Crippen LogP contribution is 2.26. The minimum absolute atomic E-state index is 0.0833. The average molecular weight is 340 g/mol. The number of para-hydroxylation sites is 2. The van der Waals surface area contributed by atoms with Crippen LogP contribution in [-0.2, 0) is 4.79 Å². The number of aromatic nitrogens is 2. The first-order valence-corrected chi connectivity index (χ1v) is 9.18. The standard InChI is InChI=1S/C20H28N4O/c1-14(17-8-10-21-11-9-17)12-20(25)22-18-6-4-5-7-19(18)24-16(3)13-15(2)23-24/h4-7,13-14,17,21H,8-12H2,1-3H3,(H,22,25). The van der Waals surface area contributed by atoms with Gasteiger partial charge in [0.2, 0.25) is 5.91 Å². The largest absolute Gasteiger partial charge is 0.324 e. The molecule has 2 aromatic rings. The van der Waals surface area contributed by atoms with Crippen molar-refractivity contribution in [3.63, 3.8) is 0 Å². The Kier molecular flexibility index (Phi) is 5.53. The van der Waals surface area contributed by atoms with Crippen molar-refractivity contribution in [3.05, 3.63) is 41.7 Å². The molecule has 1 amide bonds. The number of hydrogen-bond donors (Lipinski definition) is 2. The van der Waals surface area contributed by atoms with Crippen LogP contribution in [0.1, 0.15) is 37.6 Å². The molecule has 0 radical (unpaired) electrons. The first kappa shape index (κ1) is 17.7. The van der Waals surface area contributed by atoms with Gasteiger partial charge in [0.05, 0.1) is 17.1 Å². The molecular weight excluding hydrogens is 312 g/mol. The zero-order valence-corrected chi connectivity index (χ0v) is 15.4. The van der Waals surface area contributed by atoms with Gasteiger partial charge in [0.1, 0.15) is 0 Å². The number of nitrogens with one attached hydrogen (secondary N) is 2. The number of anilines is 1.